The van der Waals surface area contributed by atoms with E-state index < -0.39 is 0 Å². The Morgan fingerprint density at radius 2 is 2.26 bits per heavy atom. The highest BCUT2D eigenvalue weighted by Crippen LogP contribution is 2.33. The quantitative estimate of drug-likeness (QED) is 0.812. The van der Waals surface area contributed by atoms with Gasteiger partial charge in [0.05, 0.1) is 18.1 Å². The SMILES string of the molecule is CCC1CCc2sc(C(=O)NCCCN3CCOCC3)cc2C1. The second kappa shape index (κ2) is 8.27. The van der Waals surface area contributed by atoms with E-state index in [0.717, 1.165) is 69.5 Å². The van der Waals surface area contributed by atoms with Gasteiger partial charge in [0.1, 0.15) is 0 Å². The highest BCUT2D eigenvalue weighted by atomic mass is 32.1. The lowest BCUT2D eigenvalue weighted by Gasteiger charge is -2.26. The van der Waals surface area contributed by atoms with Crippen LogP contribution in [-0.2, 0) is 17.6 Å². The summed E-state index contributed by atoms with van der Waals surface area (Å²) in [4.78, 5) is 17.1. The maximum absolute atomic E-state index is 12.3. The van der Waals surface area contributed by atoms with Crippen molar-refractivity contribution in [2.75, 3.05) is 39.4 Å². The summed E-state index contributed by atoms with van der Waals surface area (Å²) in [5.74, 6) is 0.918. The Balaban J connectivity index is 1.42. The van der Waals surface area contributed by atoms with Gasteiger partial charge >= 0.3 is 0 Å². The molecule has 0 radical (unpaired) electrons. The van der Waals surface area contributed by atoms with Gasteiger partial charge in [-0.3, -0.25) is 9.69 Å². The normalized spacial score (nSPS) is 21.9. The molecule has 2 heterocycles. The Hall–Kier alpha value is -0.910. The molecule has 128 valence electrons. The van der Waals surface area contributed by atoms with Crippen molar-refractivity contribution >= 4 is 17.2 Å². The summed E-state index contributed by atoms with van der Waals surface area (Å²) in [6, 6.07) is 2.14. The summed E-state index contributed by atoms with van der Waals surface area (Å²) in [7, 11) is 0. The Labute approximate surface area is 143 Å². The Bertz CT molecular complexity index is 523. The molecular formula is C18H28N2O2S. The van der Waals surface area contributed by atoms with Gasteiger partial charge in [0.25, 0.3) is 5.91 Å². The number of nitrogens with one attached hydrogen (secondary N) is 1. The van der Waals surface area contributed by atoms with Gasteiger partial charge < -0.3 is 10.1 Å². The third kappa shape index (κ3) is 4.55. The van der Waals surface area contributed by atoms with Crippen molar-refractivity contribution in [1.29, 1.82) is 0 Å². The molecule has 0 aromatic carbocycles. The Kier molecular flexibility index (Phi) is 6.08. The number of carbonyl (C=O) groups is 1. The smallest absolute Gasteiger partial charge is 0.261 e. The number of fused-ring (bicyclic) bond motifs is 1. The highest BCUT2D eigenvalue weighted by molar-refractivity contribution is 7.14. The van der Waals surface area contributed by atoms with E-state index in [4.69, 9.17) is 4.74 Å². The monoisotopic (exact) mass is 336 g/mol. The first-order valence-corrected chi connectivity index (χ1v) is 9.77. The number of hydrogen-bond acceptors (Lipinski definition) is 4. The number of nitrogens with zero attached hydrogens (tertiary/aromatic N) is 1. The Morgan fingerprint density at radius 3 is 3.04 bits per heavy atom. The van der Waals surface area contributed by atoms with E-state index >= 15 is 0 Å². The van der Waals surface area contributed by atoms with Crippen molar-refractivity contribution in [2.45, 2.75) is 39.0 Å². The van der Waals surface area contributed by atoms with E-state index in [1.165, 1.54) is 23.3 Å². The number of morpholine rings is 1. The average Bonchev–Trinajstić information content (AvgIpc) is 3.02. The topological polar surface area (TPSA) is 41.6 Å². The van der Waals surface area contributed by atoms with Gasteiger partial charge in [-0.25, -0.2) is 0 Å². The maximum atomic E-state index is 12.3. The lowest BCUT2D eigenvalue weighted by Crippen LogP contribution is -2.38. The fourth-order valence-corrected chi connectivity index (χ4v) is 4.60. The van der Waals surface area contributed by atoms with Gasteiger partial charge in [-0.1, -0.05) is 13.3 Å². The predicted molar refractivity (Wildman–Crippen MR) is 94.3 cm³/mol. The summed E-state index contributed by atoms with van der Waals surface area (Å²) < 4.78 is 5.35. The zero-order valence-corrected chi connectivity index (χ0v) is 14.9. The molecule has 1 N–H and O–H groups in total. The molecule has 5 heteroatoms. The number of rotatable bonds is 6. The first-order valence-electron chi connectivity index (χ1n) is 8.96. The maximum Gasteiger partial charge on any atom is 0.261 e. The number of carbonyl (C=O) groups excluding carboxylic acids is 1. The van der Waals surface area contributed by atoms with Crippen molar-refractivity contribution in [3.8, 4) is 0 Å². The number of aryl methyl sites for hydroxylation is 1. The van der Waals surface area contributed by atoms with Gasteiger partial charge in [0, 0.05) is 24.5 Å². The van der Waals surface area contributed by atoms with Crippen LogP contribution in [0.15, 0.2) is 6.07 Å². The van der Waals surface area contributed by atoms with Crippen molar-refractivity contribution in [2.24, 2.45) is 5.92 Å². The lowest BCUT2D eigenvalue weighted by molar-refractivity contribution is 0.0374. The van der Waals surface area contributed by atoms with Gasteiger partial charge in [0.15, 0.2) is 0 Å². The van der Waals surface area contributed by atoms with E-state index in [1.54, 1.807) is 11.3 Å². The summed E-state index contributed by atoms with van der Waals surface area (Å²) >= 11 is 1.70. The molecule has 0 bridgehead atoms. The average molecular weight is 337 g/mol. The lowest BCUT2D eigenvalue weighted by atomic mass is 9.87. The van der Waals surface area contributed by atoms with Crippen LogP contribution in [0.3, 0.4) is 0 Å². The molecule has 1 unspecified atom stereocenters. The molecule has 2 aliphatic rings. The first-order chi connectivity index (χ1) is 11.3. The molecule has 23 heavy (non-hydrogen) atoms. The van der Waals surface area contributed by atoms with Crippen LogP contribution < -0.4 is 5.32 Å². The standard InChI is InChI=1S/C18H28N2O2S/c1-2-14-4-5-16-15(12-14)13-17(23-16)18(21)19-6-3-7-20-8-10-22-11-9-20/h13-14H,2-12H2,1H3,(H,19,21). The summed E-state index contributed by atoms with van der Waals surface area (Å²) in [6.45, 7) is 7.79. The van der Waals surface area contributed by atoms with Crippen molar-refractivity contribution in [3.05, 3.63) is 21.4 Å². The van der Waals surface area contributed by atoms with Gasteiger partial charge in [-0.2, -0.15) is 0 Å². The molecule has 1 aromatic rings. The van der Waals surface area contributed by atoms with Crippen molar-refractivity contribution in [3.63, 3.8) is 0 Å². The van der Waals surface area contributed by atoms with Crippen LogP contribution in [0.1, 0.15) is 46.3 Å². The van der Waals surface area contributed by atoms with Crippen LogP contribution >= 0.6 is 11.3 Å². The van der Waals surface area contributed by atoms with E-state index in [2.05, 4.69) is 23.2 Å². The minimum Gasteiger partial charge on any atom is -0.379 e. The van der Waals surface area contributed by atoms with Gasteiger partial charge in [-0.05, 0) is 49.8 Å². The molecular weight excluding hydrogens is 308 g/mol. The van der Waals surface area contributed by atoms with Crippen molar-refractivity contribution in [1.82, 2.24) is 10.2 Å². The van der Waals surface area contributed by atoms with Crippen LogP contribution in [0.4, 0.5) is 0 Å². The largest absolute Gasteiger partial charge is 0.379 e. The minimum atomic E-state index is 0.111. The molecule has 1 atom stereocenters. The molecule has 0 saturated carbocycles. The first kappa shape index (κ1) is 16.9. The molecule has 1 fully saturated rings. The minimum absolute atomic E-state index is 0.111. The molecule has 1 saturated heterocycles. The predicted octanol–water partition coefficient (Wildman–Crippen LogP) is 2.72. The summed E-state index contributed by atoms with van der Waals surface area (Å²) in [5, 5.41) is 3.09. The summed E-state index contributed by atoms with van der Waals surface area (Å²) in [6.07, 6.45) is 5.85. The second-order valence-electron chi connectivity index (χ2n) is 6.64. The molecule has 4 nitrogen and oxygen atoms in total. The number of ether oxygens (including phenoxy) is 1. The van der Waals surface area contributed by atoms with Crippen LogP contribution in [0.5, 0.6) is 0 Å². The zero-order valence-electron chi connectivity index (χ0n) is 14.1. The van der Waals surface area contributed by atoms with E-state index in [0.29, 0.717) is 0 Å². The fourth-order valence-electron chi connectivity index (χ4n) is 3.48. The molecule has 1 aliphatic heterocycles. The number of hydrogen-bond donors (Lipinski definition) is 1. The van der Waals surface area contributed by atoms with E-state index in [9.17, 15) is 4.79 Å². The van der Waals surface area contributed by atoms with Crippen LogP contribution in [0, 0.1) is 5.92 Å². The third-order valence-electron chi connectivity index (χ3n) is 5.03. The molecule has 0 spiro atoms. The van der Waals surface area contributed by atoms with Crippen LogP contribution in [-0.4, -0.2) is 50.2 Å². The van der Waals surface area contributed by atoms with Gasteiger partial charge in [0.2, 0.25) is 0 Å². The second-order valence-corrected chi connectivity index (χ2v) is 7.78. The molecule has 1 aliphatic carbocycles. The molecule has 3 rings (SSSR count). The molecule has 1 amide bonds. The van der Waals surface area contributed by atoms with E-state index in [-0.39, 0.29) is 5.91 Å². The van der Waals surface area contributed by atoms with Crippen LogP contribution in [0.2, 0.25) is 0 Å². The fraction of sp³-hybridized carbons (Fsp3) is 0.722. The third-order valence-corrected chi connectivity index (χ3v) is 6.26. The van der Waals surface area contributed by atoms with Crippen LogP contribution in [0.25, 0.3) is 0 Å². The Morgan fingerprint density at radius 1 is 1.43 bits per heavy atom. The zero-order chi connectivity index (χ0) is 16.1. The number of amides is 1. The van der Waals surface area contributed by atoms with Gasteiger partial charge in [-0.15, -0.1) is 11.3 Å². The highest BCUT2D eigenvalue weighted by Gasteiger charge is 2.21. The van der Waals surface area contributed by atoms with E-state index in [1.807, 2.05) is 0 Å². The summed E-state index contributed by atoms with van der Waals surface area (Å²) in [5.41, 5.74) is 1.42. The number of thiophene rings is 1. The van der Waals surface area contributed by atoms with Crippen molar-refractivity contribution < 1.29 is 9.53 Å². The molecule has 1 aromatic heterocycles.